The maximum atomic E-state index is 13.8. The van der Waals surface area contributed by atoms with Crippen LogP contribution in [-0.4, -0.2) is 38.3 Å². The molecule has 5 nitrogen and oxygen atoms in total. The molecule has 2 unspecified atom stereocenters. The number of carbonyl (C=O) groups excluding carboxylic acids is 1. The van der Waals surface area contributed by atoms with Gasteiger partial charge in [0.2, 0.25) is 0 Å². The van der Waals surface area contributed by atoms with Crippen molar-refractivity contribution in [3.8, 4) is 5.75 Å². The molecule has 1 amide bonds. The summed E-state index contributed by atoms with van der Waals surface area (Å²) in [6.45, 7) is 3.84. The topological polar surface area (TPSA) is 73.6 Å². The van der Waals surface area contributed by atoms with Gasteiger partial charge in [-0.2, -0.15) is 0 Å². The Balaban J connectivity index is 2.50. The van der Waals surface area contributed by atoms with E-state index in [2.05, 4.69) is 5.32 Å². The minimum absolute atomic E-state index is 0.0378. The lowest BCUT2D eigenvalue weighted by molar-refractivity contribution is -0.124. The summed E-state index contributed by atoms with van der Waals surface area (Å²) in [5, 5.41) is 2.68. The molecule has 0 fully saturated rings. The van der Waals surface area contributed by atoms with Crippen LogP contribution in [0.3, 0.4) is 0 Å². The number of methoxy groups -OCH3 is 1. The highest BCUT2D eigenvalue weighted by molar-refractivity contribution is 5.77. The van der Waals surface area contributed by atoms with Crippen molar-refractivity contribution in [2.45, 2.75) is 32.4 Å². The Hall–Kier alpha value is -1.66. The van der Waals surface area contributed by atoms with Gasteiger partial charge in [0, 0.05) is 19.2 Å². The molecule has 0 radical (unpaired) electrons. The molecule has 0 aliphatic rings. The van der Waals surface area contributed by atoms with Crippen LogP contribution in [0.2, 0.25) is 0 Å². The third kappa shape index (κ3) is 6.55. The quantitative estimate of drug-likeness (QED) is 0.757. The van der Waals surface area contributed by atoms with Crippen LogP contribution >= 0.6 is 0 Å². The summed E-state index contributed by atoms with van der Waals surface area (Å²) in [4.78, 5) is 11.6. The molecule has 6 heteroatoms. The molecule has 0 saturated heterocycles. The van der Waals surface area contributed by atoms with E-state index in [9.17, 15) is 9.18 Å². The predicted octanol–water partition coefficient (Wildman–Crippen LogP) is 1.25. The Bertz CT molecular complexity index is 466. The summed E-state index contributed by atoms with van der Waals surface area (Å²) in [5.41, 5.74) is 6.46. The highest BCUT2D eigenvalue weighted by Gasteiger charge is 2.10. The Morgan fingerprint density at radius 2 is 2.14 bits per heavy atom. The number of halogens is 1. The molecule has 118 valence electrons. The standard InChI is InChI=1S/C15H23FN2O3/c1-10(17)6-12-4-5-14(13(16)7-12)21-9-15(19)18-11(2)8-20-3/h4-5,7,10-11H,6,8-9,17H2,1-3H3,(H,18,19). The second-order valence-electron chi connectivity index (χ2n) is 5.16. The van der Waals surface area contributed by atoms with Crippen molar-refractivity contribution in [3.63, 3.8) is 0 Å². The van der Waals surface area contributed by atoms with E-state index in [1.807, 2.05) is 13.8 Å². The summed E-state index contributed by atoms with van der Waals surface area (Å²) in [5.74, 6) is -0.762. The van der Waals surface area contributed by atoms with Gasteiger partial charge in [-0.1, -0.05) is 6.07 Å². The lowest BCUT2D eigenvalue weighted by Crippen LogP contribution is -2.38. The average Bonchev–Trinajstić information content (AvgIpc) is 2.37. The smallest absolute Gasteiger partial charge is 0.258 e. The number of hydrogen-bond acceptors (Lipinski definition) is 4. The minimum atomic E-state index is -0.495. The molecule has 0 aromatic heterocycles. The van der Waals surface area contributed by atoms with Crippen molar-refractivity contribution in [3.05, 3.63) is 29.6 Å². The zero-order valence-electron chi connectivity index (χ0n) is 12.7. The second-order valence-corrected chi connectivity index (χ2v) is 5.16. The number of nitrogens with one attached hydrogen (secondary N) is 1. The number of amides is 1. The van der Waals surface area contributed by atoms with Crippen LogP contribution in [0, 0.1) is 5.82 Å². The molecule has 0 aliphatic heterocycles. The average molecular weight is 298 g/mol. The van der Waals surface area contributed by atoms with E-state index < -0.39 is 5.82 Å². The van der Waals surface area contributed by atoms with Crippen molar-refractivity contribution in [2.24, 2.45) is 5.73 Å². The van der Waals surface area contributed by atoms with Crippen LogP contribution in [0.4, 0.5) is 4.39 Å². The molecule has 0 aliphatic carbocycles. The first-order chi connectivity index (χ1) is 9.92. The van der Waals surface area contributed by atoms with Gasteiger partial charge in [0.1, 0.15) is 0 Å². The molecular formula is C15H23FN2O3. The van der Waals surface area contributed by atoms with E-state index in [1.54, 1.807) is 13.2 Å². The third-order valence-electron chi connectivity index (χ3n) is 2.74. The number of nitrogens with two attached hydrogens (primary N) is 1. The van der Waals surface area contributed by atoms with Gasteiger partial charge in [0.25, 0.3) is 5.91 Å². The fourth-order valence-electron chi connectivity index (χ4n) is 1.91. The molecule has 1 aromatic carbocycles. The van der Waals surface area contributed by atoms with Gasteiger partial charge in [-0.25, -0.2) is 4.39 Å². The van der Waals surface area contributed by atoms with E-state index >= 15 is 0 Å². The van der Waals surface area contributed by atoms with E-state index in [1.165, 1.54) is 12.1 Å². The molecule has 0 bridgehead atoms. The second kappa shape index (κ2) is 8.59. The zero-order chi connectivity index (χ0) is 15.8. The van der Waals surface area contributed by atoms with Crippen LogP contribution in [0.5, 0.6) is 5.75 Å². The monoisotopic (exact) mass is 298 g/mol. The van der Waals surface area contributed by atoms with E-state index in [4.69, 9.17) is 15.2 Å². The van der Waals surface area contributed by atoms with Crippen LogP contribution in [0.1, 0.15) is 19.4 Å². The fraction of sp³-hybridized carbons (Fsp3) is 0.533. The van der Waals surface area contributed by atoms with Gasteiger partial charge in [0.05, 0.1) is 6.61 Å². The molecule has 3 N–H and O–H groups in total. The van der Waals surface area contributed by atoms with Crippen molar-refractivity contribution < 1.29 is 18.7 Å². The highest BCUT2D eigenvalue weighted by atomic mass is 19.1. The van der Waals surface area contributed by atoms with Crippen LogP contribution in [-0.2, 0) is 16.0 Å². The van der Waals surface area contributed by atoms with Gasteiger partial charge < -0.3 is 20.5 Å². The number of rotatable bonds is 8. The van der Waals surface area contributed by atoms with Crippen LogP contribution < -0.4 is 15.8 Å². The lowest BCUT2D eigenvalue weighted by Gasteiger charge is -2.13. The molecule has 1 rings (SSSR count). The van der Waals surface area contributed by atoms with Crippen LogP contribution in [0.25, 0.3) is 0 Å². The molecule has 0 saturated carbocycles. The maximum absolute atomic E-state index is 13.8. The summed E-state index contributed by atoms with van der Waals surface area (Å²) >= 11 is 0. The Morgan fingerprint density at radius 3 is 2.71 bits per heavy atom. The highest BCUT2D eigenvalue weighted by Crippen LogP contribution is 2.19. The predicted molar refractivity (Wildman–Crippen MR) is 78.7 cm³/mol. The molecule has 2 atom stereocenters. The molecule has 0 spiro atoms. The first-order valence-electron chi connectivity index (χ1n) is 6.87. The normalized spacial score (nSPS) is 13.6. The van der Waals surface area contributed by atoms with Crippen LogP contribution in [0.15, 0.2) is 18.2 Å². The molecule has 21 heavy (non-hydrogen) atoms. The van der Waals surface area contributed by atoms with Crippen molar-refractivity contribution in [1.29, 1.82) is 0 Å². The van der Waals surface area contributed by atoms with Gasteiger partial charge in [0.15, 0.2) is 18.2 Å². The maximum Gasteiger partial charge on any atom is 0.258 e. The van der Waals surface area contributed by atoms with Gasteiger partial charge >= 0.3 is 0 Å². The first kappa shape index (κ1) is 17.4. The zero-order valence-corrected chi connectivity index (χ0v) is 12.7. The number of hydrogen-bond donors (Lipinski definition) is 2. The summed E-state index contributed by atoms with van der Waals surface area (Å²) in [6.07, 6.45) is 0.590. The summed E-state index contributed by atoms with van der Waals surface area (Å²) in [7, 11) is 1.55. The van der Waals surface area contributed by atoms with Crippen molar-refractivity contribution in [2.75, 3.05) is 20.3 Å². The van der Waals surface area contributed by atoms with Gasteiger partial charge in [-0.05, 0) is 38.0 Å². The van der Waals surface area contributed by atoms with E-state index in [0.717, 1.165) is 5.56 Å². The summed E-state index contributed by atoms with van der Waals surface area (Å²) in [6, 6.07) is 4.48. The third-order valence-corrected chi connectivity index (χ3v) is 2.74. The van der Waals surface area contributed by atoms with Gasteiger partial charge in [-0.3, -0.25) is 4.79 Å². The van der Waals surface area contributed by atoms with Gasteiger partial charge in [-0.15, -0.1) is 0 Å². The minimum Gasteiger partial charge on any atom is -0.481 e. The van der Waals surface area contributed by atoms with E-state index in [-0.39, 0.29) is 30.3 Å². The molecular weight excluding hydrogens is 275 g/mol. The first-order valence-corrected chi connectivity index (χ1v) is 6.87. The Morgan fingerprint density at radius 1 is 1.43 bits per heavy atom. The molecule has 0 heterocycles. The number of benzene rings is 1. The number of carbonyl (C=O) groups is 1. The Labute approximate surface area is 124 Å². The van der Waals surface area contributed by atoms with Crippen molar-refractivity contribution >= 4 is 5.91 Å². The van der Waals surface area contributed by atoms with Crippen molar-refractivity contribution in [1.82, 2.24) is 5.32 Å². The summed E-state index contributed by atoms with van der Waals surface area (Å²) < 4.78 is 23.9. The van der Waals surface area contributed by atoms with E-state index in [0.29, 0.717) is 13.0 Å². The lowest BCUT2D eigenvalue weighted by atomic mass is 10.1. The largest absolute Gasteiger partial charge is 0.481 e. The fourth-order valence-corrected chi connectivity index (χ4v) is 1.91. The Kier molecular flexibility index (Phi) is 7.11. The SMILES string of the molecule is COCC(C)NC(=O)COc1ccc(CC(C)N)cc1F. The molecule has 1 aromatic rings. The number of ether oxygens (including phenoxy) is 2.